The van der Waals surface area contributed by atoms with Crippen LogP contribution in [0.3, 0.4) is 0 Å². The van der Waals surface area contributed by atoms with Gasteiger partial charge in [0, 0.05) is 12.6 Å². The minimum atomic E-state index is -0.241. The third-order valence-corrected chi connectivity index (χ3v) is 4.08. The van der Waals surface area contributed by atoms with Crippen LogP contribution in [0.15, 0.2) is 10.9 Å². The van der Waals surface area contributed by atoms with Crippen molar-refractivity contribution in [2.24, 2.45) is 5.41 Å². The third-order valence-electron chi connectivity index (χ3n) is 4.08. The van der Waals surface area contributed by atoms with Crippen LogP contribution in [-0.2, 0) is 0 Å². The summed E-state index contributed by atoms with van der Waals surface area (Å²) < 4.78 is 1.47. The van der Waals surface area contributed by atoms with Gasteiger partial charge in [-0.3, -0.25) is 0 Å². The van der Waals surface area contributed by atoms with Gasteiger partial charge in [-0.1, -0.05) is 19.8 Å². The summed E-state index contributed by atoms with van der Waals surface area (Å²) in [6.07, 6.45) is 5.17. The Labute approximate surface area is 111 Å². The molecule has 0 aliphatic heterocycles. The van der Waals surface area contributed by atoms with Crippen LogP contribution in [0, 0.1) is 12.3 Å². The summed E-state index contributed by atoms with van der Waals surface area (Å²) in [5.74, 6) is 1.44. The number of anilines is 1. The molecule has 0 aromatic carbocycles. The number of aromatic nitrogens is 4. The van der Waals surface area contributed by atoms with Crippen molar-refractivity contribution in [3.05, 3.63) is 22.4 Å². The van der Waals surface area contributed by atoms with Gasteiger partial charge in [-0.15, -0.1) is 0 Å². The molecular weight excluding hydrogens is 242 g/mol. The van der Waals surface area contributed by atoms with Gasteiger partial charge in [0.1, 0.15) is 11.6 Å². The number of H-pyrrole nitrogens is 1. The van der Waals surface area contributed by atoms with Crippen molar-refractivity contribution in [2.45, 2.75) is 39.5 Å². The van der Waals surface area contributed by atoms with E-state index < -0.39 is 0 Å². The zero-order chi connectivity index (χ0) is 13.5. The maximum absolute atomic E-state index is 11.5. The molecule has 1 saturated carbocycles. The lowest BCUT2D eigenvalue weighted by Gasteiger charge is -2.24. The van der Waals surface area contributed by atoms with Gasteiger partial charge in [0.25, 0.3) is 0 Å². The van der Waals surface area contributed by atoms with Gasteiger partial charge < -0.3 is 5.32 Å². The molecule has 0 unspecified atom stereocenters. The summed E-state index contributed by atoms with van der Waals surface area (Å²) >= 11 is 0. The highest BCUT2D eigenvalue weighted by Crippen LogP contribution is 2.37. The Kier molecular flexibility index (Phi) is 2.80. The highest BCUT2D eigenvalue weighted by atomic mass is 16.1. The number of hydrogen-bond acceptors (Lipinski definition) is 4. The Morgan fingerprint density at radius 1 is 1.47 bits per heavy atom. The fourth-order valence-corrected chi connectivity index (χ4v) is 2.90. The molecule has 2 aromatic rings. The monoisotopic (exact) mass is 261 g/mol. The molecule has 0 saturated heterocycles. The van der Waals surface area contributed by atoms with Crippen molar-refractivity contribution in [2.75, 3.05) is 11.9 Å². The zero-order valence-corrected chi connectivity index (χ0v) is 11.4. The number of nitrogens with zero attached hydrogens (tertiary/aromatic N) is 3. The second-order valence-corrected chi connectivity index (χ2v) is 5.78. The van der Waals surface area contributed by atoms with Crippen LogP contribution >= 0.6 is 0 Å². The first-order valence-corrected chi connectivity index (χ1v) is 6.76. The van der Waals surface area contributed by atoms with Crippen molar-refractivity contribution < 1.29 is 0 Å². The lowest BCUT2D eigenvalue weighted by Crippen LogP contribution is -2.24. The minimum absolute atomic E-state index is 0.241. The van der Waals surface area contributed by atoms with Crippen LogP contribution in [0.5, 0.6) is 0 Å². The highest BCUT2D eigenvalue weighted by Gasteiger charge is 2.28. The molecular formula is C13H19N5O. The summed E-state index contributed by atoms with van der Waals surface area (Å²) in [4.78, 5) is 15.9. The lowest BCUT2D eigenvalue weighted by atomic mass is 9.89. The number of rotatable bonds is 3. The SMILES string of the molecule is Cc1nc(NCC2(C)CCCC2)cc2n[nH]c(=O)n12. The van der Waals surface area contributed by atoms with Gasteiger partial charge in [-0.25, -0.2) is 19.3 Å². The predicted octanol–water partition coefficient (Wildman–Crippen LogP) is 1.72. The Morgan fingerprint density at radius 2 is 2.21 bits per heavy atom. The lowest BCUT2D eigenvalue weighted by molar-refractivity contribution is 0.361. The van der Waals surface area contributed by atoms with E-state index in [4.69, 9.17) is 0 Å². The summed E-state index contributed by atoms with van der Waals surface area (Å²) in [6.45, 7) is 5.05. The molecule has 6 nitrogen and oxygen atoms in total. The Bertz CT molecular complexity index is 651. The second kappa shape index (κ2) is 4.36. The Balaban J connectivity index is 1.83. The quantitative estimate of drug-likeness (QED) is 0.882. The van der Waals surface area contributed by atoms with Crippen molar-refractivity contribution in [3.63, 3.8) is 0 Å². The summed E-state index contributed by atoms with van der Waals surface area (Å²) in [5.41, 5.74) is 0.735. The largest absolute Gasteiger partial charge is 0.369 e. The predicted molar refractivity (Wildman–Crippen MR) is 73.4 cm³/mol. The van der Waals surface area contributed by atoms with Crippen LogP contribution in [0.25, 0.3) is 5.65 Å². The number of aromatic amines is 1. The first-order valence-electron chi connectivity index (χ1n) is 6.76. The Hall–Kier alpha value is -1.85. The molecule has 2 N–H and O–H groups in total. The molecule has 0 amide bonds. The van der Waals surface area contributed by atoms with E-state index in [2.05, 4.69) is 27.4 Å². The topological polar surface area (TPSA) is 75.1 Å². The molecule has 1 aliphatic carbocycles. The second-order valence-electron chi connectivity index (χ2n) is 5.78. The van der Waals surface area contributed by atoms with Crippen molar-refractivity contribution >= 4 is 11.5 Å². The average molecular weight is 261 g/mol. The van der Waals surface area contributed by atoms with Crippen molar-refractivity contribution in [3.8, 4) is 0 Å². The van der Waals surface area contributed by atoms with Crippen LogP contribution in [0.2, 0.25) is 0 Å². The molecule has 2 aromatic heterocycles. The average Bonchev–Trinajstić information content (AvgIpc) is 2.95. The fourth-order valence-electron chi connectivity index (χ4n) is 2.90. The molecule has 102 valence electrons. The van der Waals surface area contributed by atoms with E-state index in [1.165, 1.54) is 30.1 Å². The van der Waals surface area contributed by atoms with E-state index >= 15 is 0 Å². The van der Waals surface area contributed by atoms with Crippen LogP contribution in [0.1, 0.15) is 38.4 Å². The van der Waals surface area contributed by atoms with Gasteiger partial charge >= 0.3 is 5.69 Å². The van der Waals surface area contributed by atoms with E-state index in [0.29, 0.717) is 16.9 Å². The van der Waals surface area contributed by atoms with Gasteiger partial charge in [0.05, 0.1) is 0 Å². The summed E-state index contributed by atoms with van der Waals surface area (Å²) in [5, 5.41) is 9.81. The van der Waals surface area contributed by atoms with Gasteiger partial charge in [0.2, 0.25) is 0 Å². The zero-order valence-electron chi connectivity index (χ0n) is 11.4. The maximum atomic E-state index is 11.5. The molecule has 3 rings (SSSR count). The van der Waals surface area contributed by atoms with E-state index in [0.717, 1.165) is 12.4 Å². The third kappa shape index (κ3) is 2.22. The Morgan fingerprint density at radius 3 is 2.95 bits per heavy atom. The molecule has 2 heterocycles. The van der Waals surface area contributed by atoms with Gasteiger partial charge in [0.15, 0.2) is 5.65 Å². The highest BCUT2D eigenvalue weighted by molar-refractivity contribution is 5.49. The number of aryl methyl sites for hydroxylation is 1. The molecule has 0 atom stereocenters. The van der Waals surface area contributed by atoms with E-state index in [-0.39, 0.29) is 5.69 Å². The smallest absolute Gasteiger partial charge is 0.349 e. The first-order chi connectivity index (χ1) is 9.07. The fraction of sp³-hybridized carbons (Fsp3) is 0.615. The van der Waals surface area contributed by atoms with E-state index in [1.807, 2.05) is 13.0 Å². The molecule has 0 spiro atoms. The van der Waals surface area contributed by atoms with Crippen LogP contribution in [-0.4, -0.2) is 26.1 Å². The van der Waals surface area contributed by atoms with Crippen LogP contribution < -0.4 is 11.0 Å². The molecule has 0 bridgehead atoms. The van der Waals surface area contributed by atoms with Crippen molar-refractivity contribution in [1.29, 1.82) is 0 Å². The first kappa shape index (κ1) is 12.2. The molecule has 1 fully saturated rings. The molecule has 1 aliphatic rings. The molecule has 19 heavy (non-hydrogen) atoms. The number of fused-ring (bicyclic) bond motifs is 1. The number of hydrogen-bond donors (Lipinski definition) is 2. The summed E-state index contributed by atoms with van der Waals surface area (Å²) in [6, 6.07) is 1.81. The molecule has 6 heteroatoms. The standard InChI is InChI=1S/C13H19N5O/c1-9-15-10(7-11-16-17-12(19)18(9)11)14-8-13(2)5-3-4-6-13/h7,14H,3-6,8H2,1-2H3,(H,17,19). The van der Waals surface area contributed by atoms with Gasteiger partial charge in [-0.05, 0) is 25.2 Å². The number of nitrogens with one attached hydrogen (secondary N) is 2. The van der Waals surface area contributed by atoms with E-state index in [1.54, 1.807) is 0 Å². The normalized spacial score (nSPS) is 18.0. The van der Waals surface area contributed by atoms with Crippen LogP contribution in [0.4, 0.5) is 5.82 Å². The van der Waals surface area contributed by atoms with Crippen molar-refractivity contribution in [1.82, 2.24) is 19.6 Å². The molecule has 0 radical (unpaired) electrons. The van der Waals surface area contributed by atoms with E-state index in [9.17, 15) is 4.79 Å². The van der Waals surface area contributed by atoms with Gasteiger partial charge in [-0.2, -0.15) is 5.10 Å². The maximum Gasteiger partial charge on any atom is 0.349 e. The summed E-state index contributed by atoms with van der Waals surface area (Å²) in [7, 11) is 0. The minimum Gasteiger partial charge on any atom is -0.369 e.